The van der Waals surface area contributed by atoms with E-state index in [1.165, 1.54) is 29.0 Å². The molecule has 0 spiro atoms. The van der Waals surface area contributed by atoms with E-state index in [1.54, 1.807) is 19.2 Å². The molecule has 0 amide bonds. The van der Waals surface area contributed by atoms with E-state index in [0.717, 1.165) is 48.5 Å². The van der Waals surface area contributed by atoms with Gasteiger partial charge in [-0.25, -0.2) is 23.7 Å². The van der Waals surface area contributed by atoms with Gasteiger partial charge < -0.3 is 28.6 Å². The maximum atomic E-state index is 13.5. The summed E-state index contributed by atoms with van der Waals surface area (Å²) < 4.78 is 32.4. The zero-order valence-electron chi connectivity index (χ0n) is 23.8. The van der Waals surface area contributed by atoms with Gasteiger partial charge in [0.1, 0.15) is 12.4 Å². The van der Waals surface area contributed by atoms with Crippen LogP contribution in [-0.4, -0.2) is 78.2 Å². The quantitative estimate of drug-likeness (QED) is 0.185. The molecular formula is C30H35FN6O5. The number of aromatic nitrogens is 4. The second-order valence-electron chi connectivity index (χ2n) is 10.1. The Morgan fingerprint density at radius 1 is 1.05 bits per heavy atom. The van der Waals surface area contributed by atoms with Crippen molar-refractivity contribution < 1.29 is 23.4 Å². The molecule has 5 rings (SSSR count). The topological polar surface area (TPSA) is 104 Å². The number of imidazole rings is 1. The normalized spacial score (nSPS) is 13.9. The van der Waals surface area contributed by atoms with Crippen LogP contribution in [0.15, 0.2) is 65.6 Å². The van der Waals surface area contributed by atoms with E-state index in [-0.39, 0.29) is 37.4 Å². The highest BCUT2D eigenvalue weighted by Crippen LogP contribution is 2.28. The number of halogens is 1. The first-order valence-corrected chi connectivity index (χ1v) is 13.9. The molecule has 1 saturated heterocycles. The van der Waals surface area contributed by atoms with Gasteiger partial charge in [-0.05, 0) is 42.7 Å². The molecule has 0 radical (unpaired) electrons. The lowest BCUT2D eigenvalue weighted by atomic mass is 10.0. The molecule has 12 heteroatoms. The number of carbonyl (C=O) groups excluding carboxylic acids is 1. The number of rotatable bonds is 12. The van der Waals surface area contributed by atoms with Crippen molar-refractivity contribution >= 4 is 28.9 Å². The number of carbonyl (C=O) groups is 1. The van der Waals surface area contributed by atoms with Crippen LogP contribution in [0.1, 0.15) is 18.4 Å². The molecule has 2 aromatic heterocycles. The fraction of sp³-hybridized carbons (Fsp3) is 0.400. The lowest BCUT2D eigenvalue weighted by molar-refractivity contribution is -0.153. The number of nitrogens with zero attached hydrogens (tertiary/aromatic N) is 6. The van der Waals surface area contributed by atoms with Gasteiger partial charge in [-0.3, -0.25) is 4.79 Å². The highest BCUT2D eigenvalue weighted by atomic mass is 19.1. The molecule has 42 heavy (non-hydrogen) atoms. The van der Waals surface area contributed by atoms with Gasteiger partial charge in [-0.1, -0.05) is 24.3 Å². The van der Waals surface area contributed by atoms with Crippen LogP contribution < -0.4 is 15.4 Å². The molecule has 0 atom stereocenters. The summed E-state index contributed by atoms with van der Waals surface area (Å²) in [6.07, 6.45) is 3.07. The Balaban J connectivity index is 1.27. The summed E-state index contributed by atoms with van der Waals surface area (Å²) in [4.78, 5) is 38.4. The van der Waals surface area contributed by atoms with Gasteiger partial charge in [0.2, 0.25) is 11.9 Å². The van der Waals surface area contributed by atoms with E-state index in [1.807, 2.05) is 30.1 Å². The Kier molecular flexibility index (Phi) is 9.45. The van der Waals surface area contributed by atoms with Crippen LogP contribution in [0.5, 0.6) is 0 Å². The van der Waals surface area contributed by atoms with E-state index in [2.05, 4.69) is 20.5 Å². The van der Waals surface area contributed by atoms with Gasteiger partial charge in [-0.15, -0.1) is 0 Å². The van der Waals surface area contributed by atoms with Crippen molar-refractivity contribution in [3.63, 3.8) is 0 Å². The van der Waals surface area contributed by atoms with Gasteiger partial charge in [-0.2, -0.15) is 0 Å². The van der Waals surface area contributed by atoms with Crippen molar-refractivity contribution in [2.24, 2.45) is 0 Å². The summed E-state index contributed by atoms with van der Waals surface area (Å²) in [5, 5.41) is 0. The molecule has 2 aromatic carbocycles. The molecule has 222 valence electrons. The molecule has 0 unspecified atom stereocenters. The second-order valence-corrected chi connectivity index (χ2v) is 10.1. The average molecular weight is 579 g/mol. The number of fused-ring (bicyclic) bond motifs is 1. The Morgan fingerprint density at radius 3 is 2.57 bits per heavy atom. The highest BCUT2D eigenvalue weighted by molar-refractivity contribution is 5.79. The summed E-state index contributed by atoms with van der Waals surface area (Å²) in [6.45, 7) is 2.22. The Bertz CT molecular complexity index is 1550. The van der Waals surface area contributed by atoms with Crippen molar-refractivity contribution in [3.05, 3.63) is 82.5 Å². The summed E-state index contributed by atoms with van der Waals surface area (Å²) in [6, 6.07) is 16.0. The van der Waals surface area contributed by atoms with Crippen LogP contribution in [0.2, 0.25) is 0 Å². The molecule has 4 aromatic rings. The van der Waals surface area contributed by atoms with Crippen LogP contribution in [0.3, 0.4) is 0 Å². The van der Waals surface area contributed by atoms with Gasteiger partial charge in [0.25, 0.3) is 5.56 Å². The third kappa shape index (κ3) is 6.77. The zero-order chi connectivity index (χ0) is 29.5. The van der Waals surface area contributed by atoms with Gasteiger partial charge in [0.05, 0.1) is 30.8 Å². The number of benzene rings is 2. The first-order chi connectivity index (χ1) is 20.4. The van der Waals surface area contributed by atoms with E-state index in [9.17, 15) is 14.0 Å². The number of hydrogen-bond donors (Lipinski definition) is 0. The summed E-state index contributed by atoms with van der Waals surface area (Å²) in [7, 11) is 3.45. The first kappa shape index (κ1) is 29.2. The molecule has 0 N–H and O–H groups in total. The number of hydrogen-bond acceptors (Lipinski definition) is 9. The molecule has 0 bridgehead atoms. The number of esters is 1. The summed E-state index contributed by atoms with van der Waals surface area (Å²) in [5.41, 5.74) is 2.61. The Morgan fingerprint density at radius 2 is 1.81 bits per heavy atom. The van der Waals surface area contributed by atoms with E-state index < -0.39 is 5.97 Å². The standard InChI is InChI=1S/C30H35FN6O5/c1-34(29-32-14-11-27(38)37(29)21-42-28(39)20-41-18-17-40-2)24-12-15-35(16-13-24)30-33-25-5-3-4-6-26(25)36(30)19-22-7-9-23(31)10-8-22/h3-11,14,24H,12-13,15-21H2,1-2H3. The lowest BCUT2D eigenvalue weighted by Crippen LogP contribution is -2.46. The number of piperidine rings is 1. The van der Waals surface area contributed by atoms with Crippen molar-refractivity contribution in [1.29, 1.82) is 0 Å². The predicted octanol–water partition coefficient (Wildman–Crippen LogP) is 3.05. The van der Waals surface area contributed by atoms with Gasteiger partial charge >= 0.3 is 5.97 Å². The molecule has 3 heterocycles. The Hall–Kier alpha value is -4.29. The van der Waals surface area contributed by atoms with Gasteiger partial charge in [0, 0.05) is 45.6 Å². The second kappa shape index (κ2) is 13.6. The van der Waals surface area contributed by atoms with Gasteiger partial charge in [0.15, 0.2) is 6.73 Å². The Labute approximate surface area is 243 Å². The molecule has 11 nitrogen and oxygen atoms in total. The van der Waals surface area contributed by atoms with Crippen LogP contribution >= 0.6 is 0 Å². The van der Waals surface area contributed by atoms with Crippen molar-refractivity contribution in [3.8, 4) is 0 Å². The van der Waals surface area contributed by atoms with Crippen LogP contribution in [0.4, 0.5) is 16.3 Å². The maximum Gasteiger partial charge on any atom is 0.333 e. The summed E-state index contributed by atoms with van der Waals surface area (Å²) in [5.74, 6) is 0.463. The molecule has 1 aliphatic rings. The molecule has 1 fully saturated rings. The minimum atomic E-state index is -0.577. The fourth-order valence-electron chi connectivity index (χ4n) is 5.15. The molecular weight excluding hydrogens is 543 g/mol. The number of methoxy groups -OCH3 is 1. The molecule has 1 aliphatic heterocycles. The smallest absolute Gasteiger partial charge is 0.333 e. The zero-order valence-corrected chi connectivity index (χ0v) is 23.8. The van der Waals surface area contributed by atoms with E-state index in [4.69, 9.17) is 19.2 Å². The van der Waals surface area contributed by atoms with Crippen molar-refractivity contribution in [2.45, 2.75) is 32.2 Å². The number of ether oxygens (including phenoxy) is 3. The predicted molar refractivity (Wildman–Crippen MR) is 156 cm³/mol. The third-order valence-corrected chi connectivity index (χ3v) is 7.42. The molecule has 0 aliphatic carbocycles. The monoisotopic (exact) mass is 578 g/mol. The largest absolute Gasteiger partial charge is 0.442 e. The number of anilines is 2. The lowest BCUT2D eigenvalue weighted by Gasteiger charge is -2.38. The number of para-hydroxylation sites is 2. The summed E-state index contributed by atoms with van der Waals surface area (Å²) >= 11 is 0. The SMILES string of the molecule is COCCOCC(=O)OCn1c(N(C)C2CCN(c3nc4ccccc4n3Cc3ccc(F)cc3)CC2)nccc1=O. The van der Waals surface area contributed by atoms with E-state index >= 15 is 0 Å². The maximum absolute atomic E-state index is 13.5. The van der Waals surface area contributed by atoms with Crippen LogP contribution in [-0.2, 0) is 32.3 Å². The van der Waals surface area contributed by atoms with Crippen molar-refractivity contribution in [1.82, 2.24) is 19.1 Å². The minimum Gasteiger partial charge on any atom is -0.442 e. The molecule has 0 saturated carbocycles. The highest BCUT2D eigenvalue weighted by Gasteiger charge is 2.28. The van der Waals surface area contributed by atoms with Crippen molar-refractivity contribution in [2.75, 3.05) is 56.9 Å². The van der Waals surface area contributed by atoms with Crippen LogP contribution in [0, 0.1) is 5.82 Å². The fourth-order valence-corrected chi connectivity index (χ4v) is 5.15. The van der Waals surface area contributed by atoms with E-state index in [0.29, 0.717) is 19.1 Å². The average Bonchev–Trinajstić information content (AvgIpc) is 3.37. The third-order valence-electron chi connectivity index (χ3n) is 7.42. The minimum absolute atomic E-state index is 0.102. The van der Waals surface area contributed by atoms with Crippen LogP contribution in [0.25, 0.3) is 11.0 Å². The first-order valence-electron chi connectivity index (χ1n) is 13.9.